The molecule has 27 heavy (non-hydrogen) atoms. The molecule has 0 unspecified atom stereocenters. The van der Waals surface area contributed by atoms with E-state index in [1.54, 1.807) is 14.2 Å². The fourth-order valence-electron chi connectivity index (χ4n) is 3.77. The van der Waals surface area contributed by atoms with Crippen molar-refractivity contribution in [3.8, 4) is 11.5 Å². The Morgan fingerprint density at radius 3 is 2.67 bits per heavy atom. The van der Waals surface area contributed by atoms with Crippen LogP contribution in [0.15, 0.2) is 54.6 Å². The second kappa shape index (κ2) is 7.99. The normalized spacial score (nSPS) is 14.1. The molecule has 1 aliphatic heterocycles. The smallest absolute Gasteiger partial charge is 0.127 e. The Balaban J connectivity index is 1.42. The first-order chi connectivity index (χ1) is 13.3. The second-order valence-electron chi connectivity index (χ2n) is 6.89. The lowest BCUT2D eigenvalue weighted by molar-refractivity contribution is 0.0117. The third-order valence-corrected chi connectivity index (χ3v) is 5.22. The average molecular weight is 363 g/mol. The highest BCUT2D eigenvalue weighted by Gasteiger charge is 2.21. The second-order valence-corrected chi connectivity index (χ2v) is 6.89. The van der Waals surface area contributed by atoms with Gasteiger partial charge in [-0.1, -0.05) is 42.5 Å². The largest absolute Gasteiger partial charge is 0.497 e. The van der Waals surface area contributed by atoms with Crippen LogP contribution >= 0.6 is 0 Å². The predicted molar refractivity (Wildman–Crippen MR) is 107 cm³/mol. The van der Waals surface area contributed by atoms with Gasteiger partial charge in [-0.2, -0.15) is 0 Å². The summed E-state index contributed by atoms with van der Waals surface area (Å²) in [4.78, 5) is 2.32. The molecule has 0 bridgehead atoms. The molecule has 0 aliphatic carbocycles. The van der Waals surface area contributed by atoms with E-state index >= 15 is 0 Å². The lowest BCUT2D eigenvalue weighted by Gasteiger charge is -2.30. The van der Waals surface area contributed by atoms with E-state index in [9.17, 15) is 0 Å². The van der Waals surface area contributed by atoms with Gasteiger partial charge in [0.05, 0.1) is 27.6 Å². The predicted octanol–water partition coefficient (Wildman–Crippen LogP) is 4.39. The molecular formula is C23H25NO3. The van der Waals surface area contributed by atoms with Crippen LogP contribution in [0.4, 0.5) is 0 Å². The Hall–Kier alpha value is -2.56. The Morgan fingerprint density at radius 1 is 0.963 bits per heavy atom. The molecule has 0 radical (unpaired) electrons. The Labute approximate surface area is 160 Å². The summed E-state index contributed by atoms with van der Waals surface area (Å²) >= 11 is 0. The van der Waals surface area contributed by atoms with Crippen LogP contribution in [0.1, 0.15) is 16.7 Å². The van der Waals surface area contributed by atoms with Crippen LogP contribution in [0.3, 0.4) is 0 Å². The van der Waals surface area contributed by atoms with Gasteiger partial charge in [0.1, 0.15) is 11.5 Å². The highest BCUT2D eigenvalue weighted by molar-refractivity contribution is 5.85. The molecule has 0 aromatic heterocycles. The SMILES string of the molecule is COc1cc2c(c(OC)c1)CN(COCc1cccc3ccccc13)CC2. The molecule has 0 atom stereocenters. The summed E-state index contributed by atoms with van der Waals surface area (Å²) in [6.45, 7) is 3.03. The zero-order valence-corrected chi connectivity index (χ0v) is 15.9. The van der Waals surface area contributed by atoms with E-state index in [1.165, 1.54) is 27.5 Å². The molecule has 4 rings (SSSR count). The fourth-order valence-corrected chi connectivity index (χ4v) is 3.77. The van der Waals surface area contributed by atoms with Gasteiger partial charge in [0.2, 0.25) is 0 Å². The molecule has 0 spiro atoms. The number of hydrogen-bond acceptors (Lipinski definition) is 4. The van der Waals surface area contributed by atoms with Gasteiger partial charge in [0, 0.05) is 24.7 Å². The Kier molecular flexibility index (Phi) is 5.28. The number of ether oxygens (including phenoxy) is 3. The monoisotopic (exact) mass is 363 g/mol. The average Bonchev–Trinajstić information content (AvgIpc) is 2.73. The molecule has 0 saturated carbocycles. The van der Waals surface area contributed by atoms with Crippen molar-refractivity contribution in [3.63, 3.8) is 0 Å². The van der Waals surface area contributed by atoms with Crippen LogP contribution in [0, 0.1) is 0 Å². The lowest BCUT2D eigenvalue weighted by Crippen LogP contribution is -2.32. The molecule has 3 aromatic rings. The van der Waals surface area contributed by atoms with Crippen molar-refractivity contribution >= 4 is 10.8 Å². The number of rotatable bonds is 6. The minimum Gasteiger partial charge on any atom is -0.497 e. The maximum absolute atomic E-state index is 6.06. The maximum Gasteiger partial charge on any atom is 0.127 e. The summed E-state index contributed by atoms with van der Waals surface area (Å²) in [5.41, 5.74) is 3.77. The molecule has 0 N–H and O–H groups in total. The van der Waals surface area contributed by atoms with Crippen molar-refractivity contribution in [3.05, 3.63) is 71.3 Å². The molecule has 0 saturated heterocycles. The van der Waals surface area contributed by atoms with Gasteiger partial charge in [-0.25, -0.2) is 0 Å². The summed E-state index contributed by atoms with van der Waals surface area (Å²) in [7, 11) is 3.41. The van der Waals surface area contributed by atoms with Crippen molar-refractivity contribution in [2.45, 2.75) is 19.6 Å². The van der Waals surface area contributed by atoms with Gasteiger partial charge in [-0.05, 0) is 34.4 Å². The van der Waals surface area contributed by atoms with Crippen molar-refractivity contribution in [2.75, 3.05) is 27.5 Å². The molecule has 4 heteroatoms. The number of benzene rings is 3. The molecule has 3 aromatic carbocycles. The van der Waals surface area contributed by atoms with Gasteiger partial charge < -0.3 is 14.2 Å². The van der Waals surface area contributed by atoms with E-state index in [1.807, 2.05) is 6.07 Å². The van der Waals surface area contributed by atoms with E-state index < -0.39 is 0 Å². The van der Waals surface area contributed by atoms with E-state index in [2.05, 4.69) is 53.4 Å². The standard InChI is InChI=1S/C23H25NO3/c1-25-20-12-18-10-11-24(14-22(18)23(13-20)26-2)16-27-15-19-8-5-7-17-6-3-4-9-21(17)19/h3-9,12-13H,10-11,14-16H2,1-2H3. The first kappa shape index (κ1) is 17.8. The van der Waals surface area contributed by atoms with Crippen LogP contribution in [0.2, 0.25) is 0 Å². The molecule has 0 fully saturated rings. The summed E-state index contributed by atoms with van der Waals surface area (Å²) < 4.78 is 17.0. The highest BCUT2D eigenvalue weighted by Crippen LogP contribution is 2.32. The summed E-state index contributed by atoms with van der Waals surface area (Å²) in [5.74, 6) is 1.74. The molecule has 140 valence electrons. The summed E-state index contributed by atoms with van der Waals surface area (Å²) in [5, 5.41) is 2.52. The Morgan fingerprint density at radius 2 is 1.81 bits per heavy atom. The molecule has 1 heterocycles. The number of methoxy groups -OCH3 is 2. The summed E-state index contributed by atoms with van der Waals surface area (Å²) in [6.07, 6.45) is 0.973. The van der Waals surface area contributed by atoms with Crippen LogP contribution in [0.5, 0.6) is 11.5 Å². The summed E-state index contributed by atoms with van der Waals surface area (Å²) in [6, 6.07) is 18.9. The van der Waals surface area contributed by atoms with Crippen LogP contribution in [-0.2, 0) is 24.3 Å². The maximum atomic E-state index is 6.06. The van der Waals surface area contributed by atoms with E-state index in [4.69, 9.17) is 14.2 Å². The van der Waals surface area contributed by atoms with Gasteiger partial charge in [-0.15, -0.1) is 0 Å². The van der Waals surface area contributed by atoms with Crippen LogP contribution < -0.4 is 9.47 Å². The lowest BCUT2D eigenvalue weighted by atomic mass is 9.98. The minimum atomic E-state index is 0.609. The Bertz CT molecular complexity index is 916. The molecule has 4 nitrogen and oxygen atoms in total. The zero-order valence-electron chi connectivity index (χ0n) is 15.9. The van der Waals surface area contributed by atoms with Gasteiger partial charge in [-0.3, -0.25) is 4.90 Å². The first-order valence-corrected chi connectivity index (χ1v) is 9.29. The zero-order chi connectivity index (χ0) is 18.6. The van der Waals surface area contributed by atoms with Crippen molar-refractivity contribution in [1.82, 2.24) is 4.90 Å². The number of hydrogen-bond donors (Lipinski definition) is 0. The quantitative estimate of drug-likeness (QED) is 0.650. The molecule has 0 amide bonds. The number of nitrogens with zero attached hydrogens (tertiary/aromatic N) is 1. The van der Waals surface area contributed by atoms with E-state index in [0.29, 0.717) is 13.3 Å². The van der Waals surface area contributed by atoms with Crippen molar-refractivity contribution in [1.29, 1.82) is 0 Å². The highest BCUT2D eigenvalue weighted by atomic mass is 16.5. The van der Waals surface area contributed by atoms with Crippen molar-refractivity contribution in [2.24, 2.45) is 0 Å². The number of fused-ring (bicyclic) bond motifs is 2. The van der Waals surface area contributed by atoms with Gasteiger partial charge in [0.15, 0.2) is 0 Å². The third kappa shape index (κ3) is 3.77. The van der Waals surface area contributed by atoms with Gasteiger partial charge in [0.25, 0.3) is 0 Å². The van der Waals surface area contributed by atoms with E-state index in [0.717, 1.165) is 31.0 Å². The van der Waals surface area contributed by atoms with Crippen LogP contribution in [0.25, 0.3) is 10.8 Å². The molecule has 1 aliphatic rings. The fraction of sp³-hybridized carbons (Fsp3) is 0.304. The van der Waals surface area contributed by atoms with Gasteiger partial charge >= 0.3 is 0 Å². The minimum absolute atomic E-state index is 0.609. The first-order valence-electron chi connectivity index (χ1n) is 9.29. The van der Waals surface area contributed by atoms with E-state index in [-0.39, 0.29) is 0 Å². The van der Waals surface area contributed by atoms with Crippen LogP contribution in [-0.4, -0.2) is 32.4 Å². The third-order valence-electron chi connectivity index (χ3n) is 5.22. The molecular weight excluding hydrogens is 338 g/mol. The topological polar surface area (TPSA) is 30.9 Å². The van der Waals surface area contributed by atoms with Crippen molar-refractivity contribution < 1.29 is 14.2 Å².